The predicted octanol–water partition coefficient (Wildman–Crippen LogP) is 3.08. The van der Waals surface area contributed by atoms with E-state index in [9.17, 15) is 4.79 Å². The second kappa shape index (κ2) is 4.98. The molecule has 3 aromatic heterocycles. The van der Waals surface area contributed by atoms with Gasteiger partial charge in [0.05, 0.1) is 0 Å². The Kier molecular flexibility index (Phi) is 2.94. The van der Waals surface area contributed by atoms with E-state index in [-0.39, 0.29) is 5.91 Å². The summed E-state index contributed by atoms with van der Waals surface area (Å²) in [5.41, 5.74) is 4.66. The Balaban J connectivity index is 1.96. The highest BCUT2D eigenvalue weighted by Gasteiger charge is 2.13. The molecule has 114 valence electrons. The molecule has 0 bridgehead atoms. The van der Waals surface area contributed by atoms with Gasteiger partial charge in [-0.15, -0.1) is 0 Å². The fraction of sp³-hybridized carbons (Fsp3) is 0.111. The van der Waals surface area contributed by atoms with E-state index >= 15 is 0 Å². The molecule has 0 aliphatic heterocycles. The van der Waals surface area contributed by atoms with E-state index in [1.54, 1.807) is 13.2 Å². The molecule has 4 rings (SSSR count). The summed E-state index contributed by atoms with van der Waals surface area (Å²) in [4.78, 5) is 19.6. The van der Waals surface area contributed by atoms with Crippen LogP contribution in [0, 0.1) is 0 Å². The molecule has 0 spiro atoms. The lowest BCUT2D eigenvalue weighted by molar-refractivity contribution is 0.0963. The summed E-state index contributed by atoms with van der Waals surface area (Å²) in [6.45, 7) is 0. The number of rotatable bonds is 2. The summed E-state index contributed by atoms with van der Waals surface area (Å²) in [7, 11) is 3.65. The Morgan fingerprint density at radius 3 is 2.91 bits per heavy atom. The molecule has 0 saturated carbocycles. The molecule has 2 N–H and O–H groups in total. The molecule has 0 fully saturated rings. The van der Waals surface area contributed by atoms with E-state index in [2.05, 4.69) is 32.1 Å². The Morgan fingerprint density at radius 1 is 1.26 bits per heavy atom. The molecule has 5 heteroatoms. The van der Waals surface area contributed by atoms with Gasteiger partial charge >= 0.3 is 0 Å². The number of hydrogen-bond donors (Lipinski definition) is 2. The van der Waals surface area contributed by atoms with Crippen molar-refractivity contribution in [1.29, 1.82) is 0 Å². The Hall–Kier alpha value is -3.08. The average molecular weight is 304 g/mol. The molecule has 0 atom stereocenters. The smallest absolute Gasteiger partial charge is 0.251 e. The van der Waals surface area contributed by atoms with Crippen molar-refractivity contribution in [2.45, 2.75) is 0 Å². The van der Waals surface area contributed by atoms with E-state index in [0.717, 1.165) is 33.2 Å². The Bertz CT molecular complexity index is 1010. The summed E-state index contributed by atoms with van der Waals surface area (Å²) in [6.07, 6.45) is 3.85. The largest absolute Gasteiger partial charge is 0.355 e. The van der Waals surface area contributed by atoms with E-state index in [4.69, 9.17) is 0 Å². The van der Waals surface area contributed by atoms with Gasteiger partial charge in [0.15, 0.2) is 0 Å². The zero-order valence-electron chi connectivity index (χ0n) is 12.9. The van der Waals surface area contributed by atoms with Crippen molar-refractivity contribution in [3.05, 3.63) is 54.4 Å². The second-order valence-electron chi connectivity index (χ2n) is 5.59. The number of H-pyrrole nitrogens is 1. The highest BCUT2D eigenvalue weighted by atomic mass is 16.1. The van der Waals surface area contributed by atoms with Crippen LogP contribution in [0.15, 0.2) is 48.8 Å². The van der Waals surface area contributed by atoms with E-state index in [1.807, 2.05) is 37.4 Å². The number of aromatic amines is 1. The van der Waals surface area contributed by atoms with Crippen molar-refractivity contribution in [2.24, 2.45) is 7.05 Å². The minimum atomic E-state index is -0.0833. The SMILES string of the molecule is CNC(=O)c1ccc2c(c1)c(-c1cc3cccnc3[nH]1)cn2C. The van der Waals surface area contributed by atoms with Gasteiger partial charge < -0.3 is 14.9 Å². The van der Waals surface area contributed by atoms with Gasteiger partial charge in [-0.2, -0.15) is 0 Å². The third-order valence-corrected chi connectivity index (χ3v) is 4.16. The van der Waals surface area contributed by atoms with Crippen LogP contribution in [0.3, 0.4) is 0 Å². The number of hydrogen-bond acceptors (Lipinski definition) is 2. The van der Waals surface area contributed by atoms with Gasteiger partial charge in [-0.25, -0.2) is 4.98 Å². The standard InChI is InChI=1S/C18H16N4O/c1-19-18(23)12-5-6-16-13(8-12)14(10-22(16)2)15-9-11-4-3-7-20-17(11)21-15/h3-10H,1-2H3,(H,19,23)(H,20,21). The molecule has 23 heavy (non-hydrogen) atoms. The normalized spacial score (nSPS) is 11.2. The maximum absolute atomic E-state index is 11.9. The van der Waals surface area contributed by atoms with E-state index in [0.29, 0.717) is 5.56 Å². The molecular formula is C18H16N4O. The van der Waals surface area contributed by atoms with Gasteiger partial charge in [-0.3, -0.25) is 4.79 Å². The molecule has 1 amide bonds. The maximum Gasteiger partial charge on any atom is 0.251 e. The first-order valence-corrected chi connectivity index (χ1v) is 7.42. The van der Waals surface area contributed by atoms with Crippen LogP contribution in [0.2, 0.25) is 0 Å². The van der Waals surface area contributed by atoms with Gasteiger partial charge in [0.1, 0.15) is 5.65 Å². The number of amides is 1. The molecule has 0 radical (unpaired) electrons. The monoisotopic (exact) mass is 304 g/mol. The number of carbonyl (C=O) groups excluding carboxylic acids is 1. The van der Waals surface area contributed by atoms with Gasteiger partial charge in [-0.1, -0.05) is 0 Å². The van der Waals surface area contributed by atoms with Crippen molar-refractivity contribution in [3.8, 4) is 11.3 Å². The summed E-state index contributed by atoms with van der Waals surface area (Å²) in [5.74, 6) is -0.0833. The van der Waals surface area contributed by atoms with Crippen molar-refractivity contribution >= 4 is 27.8 Å². The maximum atomic E-state index is 11.9. The van der Waals surface area contributed by atoms with Crippen LogP contribution < -0.4 is 5.32 Å². The van der Waals surface area contributed by atoms with Crippen LogP contribution in [-0.4, -0.2) is 27.5 Å². The molecule has 4 aromatic rings. The fourth-order valence-electron chi connectivity index (χ4n) is 3.00. The van der Waals surface area contributed by atoms with Crippen molar-refractivity contribution < 1.29 is 4.79 Å². The first-order chi connectivity index (χ1) is 11.2. The highest BCUT2D eigenvalue weighted by molar-refractivity contribution is 6.03. The quantitative estimate of drug-likeness (QED) is 0.598. The zero-order valence-corrected chi connectivity index (χ0v) is 12.9. The molecule has 5 nitrogen and oxygen atoms in total. The lowest BCUT2D eigenvalue weighted by Crippen LogP contribution is -2.17. The molecule has 0 aliphatic carbocycles. The topological polar surface area (TPSA) is 62.7 Å². The molecule has 3 heterocycles. The van der Waals surface area contributed by atoms with Gasteiger partial charge in [0.2, 0.25) is 0 Å². The number of fused-ring (bicyclic) bond motifs is 2. The zero-order chi connectivity index (χ0) is 16.0. The minimum absolute atomic E-state index is 0.0833. The number of aromatic nitrogens is 3. The summed E-state index contributed by atoms with van der Waals surface area (Å²) in [6, 6.07) is 11.8. The first-order valence-electron chi connectivity index (χ1n) is 7.42. The Morgan fingerprint density at radius 2 is 2.13 bits per heavy atom. The predicted molar refractivity (Wildman–Crippen MR) is 91.4 cm³/mol. The average Bonchev–Trinajstić information content (AvgIpc) is 3.15. The Labute approximate surface area is 133 Å². The van der Waals surface area contributed by atoms with E-state index < -0.39 is 0 Å². The molecule has 1 aromatic carbocycles. The summed E-state index contributed by atoms with van der Waals surface area (Å²) in [5, 5.41) is 4.78. The number of aryl methyl sites for hydroxylation is 1. The first kappa shape index (κ1) is 13.6. The molecule has 0 saturated heterocycles. The lowest BCUT2D eigenvalue weighted by atomic mass is 10.1. The van der Waals surface area contributed by atoms with Crippen LogP contribution in [0.4, 0.5) is 0 Å². The van der Waals surface area contributed by atoms with Crippen LogP contribution in [-0.2, 0) is 7.05 Å². The van der Waals surface area contributed by atoms with Crippen LogP contribution in [0.1, 0.15) is 10.4 Å². The van der Waals surface area contributed by atoms with Gasteiger partial charge in [0.25, 0.3) is 5.91 Å². The number of benzene rings is 1. The third kappa shape index (κ3) is 2.09. The number of pyridine rings is 1. The molecular weight excluding hydrogens is 288 g/mol. The van der Waals surface area contributed by atoms with Gasteiger partial charge in [-0.05, 0) is 36.4 Å². The van der Waals surface area contributed by atoms with Crippen molar-refractivity contribution in [3.63, 3.8) is 0 Å². The second-order valence-corrected chi connectivity index (χ2v) is 5.59. The summed E-state index contributed by atoms with van der Waals surface area (Å²) >= 11 is 0. The molecule has 0 aliphatic rings. The minimum Gasteiger partial charge on any atom is -0.355 e. The highest BCUT2D eigenvalue weighted by Crippen LogP contribution is 2.32. The van der Waals surface area contributed by atoms with Crippen LogP contribution >= 0.6 is 0 Å². The summed E-state index contributed by atoms with van der Waals surface area (Å²) < 4.78 is 2.07. The molecule has 0 unspecified atom stereocenters. The lowest BCUT2D eigenvalue weighted by Gasteiger charge is -2.02. The van der Waals surface area contributed by atoms with Crippen molar-refractivity contribution in [2.75, 3.05) is 7.05 Å². The number of carbonyl (C=O) groups is 1. The van der Waals surface area contributed by atoms with E-state index in [1.165, 1.54) is 0 Å². The van der Waals surface area contributed by atoms with Crippen LogP contribution in [0.25, 0.3) is 33.2 Å². The fourth-order valence-corrected chi connectivity index (χ4v) is 3.00. The van der Waals surface area contributed by atoms with Gasteiger partial charge in [0, 0.05) is 59.6 Å². The number of nitrogens with zero attached hydrogens (tertiary/aromatic N) is 2. The number of nitrogens with one attached hydrogen (secondary N) is 2. The third-order valence-electron chi connectivity index (χ3n) is 4.16. The van der Waals surface area contributed by atoms with Crippen molar-refractivity contribution in [1.82, 2.24) is 19.9 Å². The van der Waals surface area contributed by atoms with Crippen LogP contribution in [0.5, 0.6) is 0 Å².